The summed E-state index contributed by atoms with van der Waals surface area (Å²) in [5.41, 5.74) is 1.67. The van der Waals surface area contributed by atoms with Crippen LogP contribution >= 0.6 is 24.0 Å². The Morgan fingerprint density at radius 1 is 1.00 bits per heavy atom. The maximum atomic E-state index is 12.9. The molecule has 1 amide bonds. The van der Waals surface area contributed by atoms with Gasteiger partial charge in [-0.2, -0.15) is 0 Å². The summed E-state index contributed by atoms with van der Waals surface area (Å²) in [6.45, 7) is -0.390. The molecule has 1 aliphatic rings. The lowest BCUT2D eigenvalue weighted by molar-refractivity contribution is -0.136. The molecule has 1 fully saturated rings. The maximum Gasteiger partial charge on any atom is 0.349 e. The molecule has 9 heteroatoms. The summed E-state index contributed by atoms with van der Waals surface area (Å²) < 4.78 is 16.6. The lowest BCUT2D eigenvalue weighted by Gasteiger charge is -2.14. The van der Waals surface area contributed by atoms with Gasteiger partial charge in [0.05, 0.1) is 23.3 Å². The van der Waals surface area contributed by atoms with E-state index in [-0.39, 0.29) is 17.2 Å². The van der Waals surface area contributed by atoms with E-state index in [0.29, 0.717) is 38.3 Å². The number of thioether (sulfide) groups is 1. The summed E-state index contributed by atoms with van der Waals surface area (Å²) >= 11 is 6.62. The maximum absolute atomic E-state index is 12.9. The van der Waals surface area contributed by atoms with Crippen molar-refractivity contribution in [3.05, 3.63) is 88.8 Å². The Morgan fingerprint density at radius 2 is 1.74 bits per heavy atom. The van der Waals surface area contributed by atoms with E-state index in [1.54, 1.807) is 42.5 Å². The van der Waals surface area contributed by atoms with Gasteiger partial charge in [0.1, 0.15) is 5.75 Å². The van der Waals surface area contributed by atoms with Crippen LogP contribution in [0.4, 0.5) is 5.69 Å². The Labute approximate surface area is 211 Å². The van der Waals surface area contributed by atoms with Gasteiger partial charge in [-0.05, 0) is 48.0 Å². The molecule has 3 aromatic carbocycles. The Bertz CT molecular complexity index is 1320. The first kappa shape index (κ1) is 24.2. The standard InChI is InChI=1S/C26H19NO6S2/c1-31-22-13-17(14-23-25(30)27(26(34)35-23)19-8-3-2-4-9-19)11-12-21(22)32-16-24(29)33-20-10-6-5-7-18(20)15-28/h2-15H,16H2,1H3/b23-14-. The van der Waals surface area contributed by atoms with Crippen molar-refractivity contribution in [1.29, 1.82) is 0 Å². The van der Waals surface area contributed by atoms with Gasteiger partial charge in [-0.15, -0.1) is 0 Å². The van der Waals surface area contributed by atoms with Crippen molar-refractivity contribution in [3.63, 3.8) is 0 Å². The average Bonchev–Trinajstić information content (AvgIpc) is 3.16. The highest BCUT2D eigenvalue weighted by Crippen LogP contribution is 2.37. The molecule has 0 saturated carbocycles. The Balaban J connectivity index is 1.45. The number of rotatable bonds is 8. The average molecular weight is 506 g/mol. The monoisotopic (exact) mass is 505 g/mol. The molecular formula is C26H19NO6S2. The van der Waals surface area contributed by atoms with E-state index in [1.807, 2.05) is 30.3 Å². The molecule has 0 aliphatic carbocycles. The molecule has 0 atom stereocenters. The van der Waals surface area contributed by atoms with Crippen molar-refractivity contribution in [1.82, 2.24) is 0 Å². The Hall–Kier alpha value is -3.95. The zero-order valence-corrected chi connectivity index (χ0v) is 20.1. The number of amides is 1. The highest BCUT2D eigenvalue weighted by atomic mass is 32.2. The molecule has 3 aromatic rings. The third-order valence-electron chi connectivity index (χ3n) is 4.91. The van der Waals surface area contributed by atoms with Gasteiger partial charge in [0.25, 0.3) is 5.91 Å². The largest absolute Gasteiger partial charge is 0.493 e. The predicted molar refractivity (Wildman–Crippen MR) is 138 cm³/mol. The van der Waals surface area contributed by atoms with E-state index < -0.39 is 12.6 Å². The van der Waals surface area contributed by atoms with Gasteiger partial charge in [-0.25, -0.2) is 4.79 Å². The number of carbonyl (C=O) groups is 3. The van der Waals surface area contributed by atoms with Crippen LogP contribution in [0.1, 0.15) is 15.9 Å². The molecule has 0 N–H and O–H groups in total. The molecule has 4 rings (SSSR count). The topological polar surface area (TPSA) is 82.1 Å². The van der Waals surface area contributed by atoms with E-state index in [9.17, 15) is 14.4 Å². The molecule has 1 aliphatic heterocycles. The minimum absolute atomic E-state index is 0.159. The van der Waals surface area contributed by atoms with E-state index in [1.165, 1.54) is 29.8 Å². The number of aldehydes is 1. The number of hydrogen-bond donors (Lipinski definition) is 0. The van der Waals surface area contributed by atoms with Crippen molar-refractivity contribution in [2.45, 2.75) is 0 Å². The number of para-hydroxylation sites is 2. The van der Waals surface area contributed by atoms with Gasteiger partial charge < -0.3 is 14.2 Å². The molecule has 35 heavy (non-hydrogen) atoms. The Kier molecular flexibility index (Phi) is 7.59. The lowest BCUT2D eigenvalue weighted by Crippen LogP contribution is -2.27. The number of esters is 1. The first-order valence-electron chi connectivity index (χ1n) is 10.4. The van der Waals surface area contributed by atoms with Crippen LogP contribution in [0.25, 0.3) is 6.08 Å². The first-order valence-corrected chi connectivity index (χ1v) is 11.6. The third-order valence-corrected chi connectivity index (χ3v) is 6.21. The minimum atomic E-state index is -0.671. The van der Waals surface area contributed by atoms with Gasteiger partial charge in [0.15, 0.2) is 28.7 Å². The van der Waals surface area contributed by atoms with E-state index in [2.05, 4.69) is 0 Å². The van der Waals surface area contributed by atoms with Crippen molar-refractivity contribution >= 4 is 58.2 Å². The fourth-order valence-corrected chi connectivity index (χ4v) is 4.57. The molecule has 0 bridgehead atoms. The predicted octanol–water partition coefficient (Wildman–Crippen LogP) is 4.90. The van der Waals surface area contributed by atoms with Gasteiger partial charge in [-0.1, -0.05) is 60.4 Å². The Morgan fingerprint density at radius 3 is 2.49 bits per heavy atom. The number of hydrogen-bond acceptors (Lipinski definition) is 8. The normalized spacial score (nSPS) is 14.2. The molecule has 176 valence electrons. The fraction of sp³-hybridized carbons (Fsp3) is 0.0769. The quantitative estimate of drug-likeness (QED) is 0.141. The molecule has 1 saturated heterocycles. The second kappa shape index (κ2) is 11.0. The van der Waals surface area contributed by atoms with Crippen molar-refractivity contribution < 1.29 is 28.6 Å². The summed E-state index contributed by atoms with van der Waals surface area (Å²) in [6, 6.07) is 20.7. The zero-order valence-electron chi connectivity index (χ0n) is 18.5. The highest BCUT2D eigenvalue weighted by molar-refractivity contribution is 8.27. The molecule has 0 radical (unpaired) electrons. The summed E-state index contributed by atoms with van der Waals surface area (Å²) in [4.78, 5) is 38.2. The zero-order chi connectivity index (χ0) is 24.8. The SMILES string of the molecule is COc1cc(/C=C2\SC(=S)N(c3ccccc3)C2=O)ccc1OCC(=O)Oc1ccccc1C=O. The van der Waals surface area contributed by atoms with Crippen LogP contribution in [-0.2, 0) is 9.59 Å². The van der Waals surface area contributed by atoms with Crippen molar-refractivity contribution in [2.24, 2.45) is 0 Å². The van der Waals surface area contributed by atoms with Crippen LogP contribution in [0.15, 0.2) is 77.7 Å². The number of benzene rings is 3. The summed E-state index contributed by atoms with van der Waals surface area (Å²) in [6.07, 6.45) is 2.33. The summed E-state index contributed by atoms with van der Waals surface area (Å²) in [7, 11) is 1.47. The van der Waals surface area contributed by atoms with Gasteiger partial charge in [0, 0.05) is 0 Å². The highest BCUT2D eigenvalue weighted by Gasteiger charge is 2.33. The van der Waals surface area contributed by atoms with Crippen LogP contribution in [-0.4, -0.2) is 36.2 Å². The van der Waals surface area contributed by atoms with Gasteiger partial charge in [0.2, 0.25) is 0 Å². The summed E-state index contributed by atoms with van der Waals surface area (Å²) in [5.74, 6) is -0.0226. The second-order valence-electron chi connectivity index (χ2n) is 7.18. The van der Waals surface area contributed by atoms with Crippen LogP contribution in [0.3, 0.4) is 0 Å². The van der Waals surface area contributed by atoms with E-state index >= 15 is 0 Å². The molecule has 0 aromatic heterocycles. The molecule has 7 nitrogen and oxygen atoms in total. The number of nitrogens with zero attached hydrogens (tertiary/aromatic N) is 1. The van der Waals surface area contributed by atoms with Crippen LogP contribution in [0, 0.1) is 0 Å². The van der Waals surface area contributed by atoms with Crippen LogP contribution in [0.2, 0.25) is 0 Å². The number of thiocarbonyl (C=S) groups is 1. The lowest BCUT2D eigenvalue weighted by atomic mass is 10.2. The molecule has 0 unspecified atom stereocenters. The van der Waals surface area contributed by atoms with Gasteiger partial charge >= 0.3 is 5.97 Å². The van der Waals surface area contributed by atoms with E-state index in [0.717, 1.165) is 0 Å². The second-order valence-corrected chi connectivity index (χ2v) is 8.86. The molecular weight excluding hydrogens is 486 g/mol. The third kappa shape index (κ3) is 5.59. The minimum Gasteiger partial charge on any atom is -0.493 e. The van der Waals surface area contributed by atoms with Crippen LogP contribution < -0.4 is 19.1 Å². The number of methoxy groups -OCH3 is 1. The van der Waals surface area contributed by atoms with E-state index in [4.69, 9.17) is 26.4 Å². The molecule has 0 spiro atoms. The van der Waals surface area contributed by atoms with Crippen molar-refractivity contribution in [3.8, 4) is 17.2 Å². The number of ether oxygens (including phenoxy) is 3. The first-order chi connectivity index (χ1) is 17.0. The fourth-order valence-electron chi connectivity index (χ4n) is 3.27. The smallest absolute Gasteiger partial charge is 0.349 e. The number of carbonyl (C=O) groups excluding carboxylic acids is 3. The van der Waals surface area contributed by atoms with Crippen molar-refractivity contribution in [2.75, 3.05) is 18.6 Å². The van der Waals surface area contributed by atoms with Crippen LogP contribution in [0.5, 0.6) is 17.2 Å². The van der Waals surface area contributed by atoms with Gasteiger partial charge in [-0.3, -0.25) is 14.5 Å². The molecule has 1 heterocycles. The number of anilines is 1. The summed E-state index contributed by atoms with van der Waals surface area (Å²) in [5, 5.41) is 0.